The molecule has 0 radical (unpaired) electrons. The van der Waals surface area contributed by atoms with Crippen LogP contribution >= 0.6 is 0 Å². The van der Waals surface area contributed by atoms with Crippen molar-refractivity contribution < 1.29 is 30.8 Å². The molecule has 1 fully saturated rings. The Bertz CT molecular complexity index is 627. The highest BCUT2D eigenvalue weighted by molar-refractivity contribution is 7.89. The zero-order valence-electron chi connectivity index (χ0n) is 11.6. The first-order chi connectivity index (χ1) is 10.1. The molecule has 0 bridgehead atoms. The molecule has 0 aliphatic carbocycles. The molecule has 2 unspecified atom stereocenters. The highest BCUT2D eigenvalue weighted by Crippen LogP contribution is 2.32. The summed E-state index contributed by atoms with van der Waals surface area (Å²) in [6.45, 7) is 0.696. The van der Waals surface area contributed by atoms with Gasteiger partial charge in [0, 0.05) is 19.5 Å². The Balaban J connectivity index is 2.12. The van der Waals surface area contributed by atoms with Crippen LogP contribution in [0.25, 0.3) is 0 Å². The van der Waals surface area contributed by atoms with E-state index in [4.69, 9.17) is 4.42 Å². The minimum atomic E-state index is -4.53. The highest BCUT2D eigenvalue weighted by atomic mass is 32.2. The molecule has 1 amide bonds. The zero-order chi connectivity index (χ0) is 16.5. The predicted octanol–water partition coefficient (Wildman–Crippen LogP) is 1.50. The summed E-state index contributed by atoms with van der Waals surface area (Å²) in [5.41, 5.74) is 0. The molecular weight excluding hydrogens is 325 g/mol. The number of hydrogen-bond donors (Lipinski definition) is 1. The van der Waals surface area contributed by atoms with Crippen LogP contribution in [0.4, 0.5) is 13.2 Å². The number of rotatable bonds is 3. The van der Waals surface area contributed by atoms with E-state index in [1.165, 1.54) is 18.4 Å². The van der Waals surface area contributed by atoms with Gasteiger partial charge < -0.3 is 9.32 Å². The van der Waals surface area contributed by atoms with Crippen molar-refractivity contribution in [1.29, 1.82) is 0 Å². The first-order valence-electron chi connectivity index (χ1n) is 6.51. The summed E-state index contributed by atoms with van der Waals surface area (Å²) in [5.74, 6) is -0.746. The van der Waals surface area contributed by atoms with Gasteiger partial charge in [-0.25, -0.2) is 13.1 Å². The van der Waals surface area contributed by atoms with Crippen LogP contribution in [-0.2, 0) is 14.8 Å². The Morgan fingerprint density at radius 3 is 2.59 bits per heavy atom. The minimum Gasteiger partial charge on any atom is -0.452 e. The normalized spacial score (nSPS) is 23.5. The average Bonchev–Trinajstić information content (AvgIpc) is 2.91. The molecule has 10 heteroatoms. The van der Waals surface area contributed by atoms with Crippen molar-refractivity contribution in [3.63, 3.8) is 0 Å². The summed E-state index contributed by atoms with van der Waals surface area (Å²) < 4.78 is 69.7. The second-order valence-corrected chi connectivity index (χ2v) is 6.70. The van der Waals surface area contributed by atoms with Crippen LogP contribution in [0, 0.1) is 0 Å². The largest absolute Gasteiger partial charge is 0.452 e. The molecule has 0 spiro atoms. The number of carbonyl (C=O) groups is 1. The minimum absolute atomic E-state index is 0.0199. The van der Waals surface area contributed by atoms with Gasteiger partial charge in [0.1, 0.15) is 6.04 Å². The maximum atomic E-state index is 12.9. The van der Waals surface area contributed by atoms with E-state index in [1.54, 1.807) is 0 Å². The number of carbonyl (C=O) groups excluding carboxylic acids is 1. The van der Waals surface area contributed by atoms with Gasteiger partial charge in [-0.15, -0.1) is 0 Å². The van der Waals surface area contributed by atoms with Crippen LogP contribution in [0.15, 0.2) is 27.9 Å². The van der Waals surface area contributed by atoms with E-state index in [2.05, 4.69) is 4.72 Å². The molecule has 1 aromatic heterocycles. The average molecular weight is 340 g/mol. The molecule has 1 aliphatic rings. The van der Waals surface area contributed by atoms with Crippen LogP contribution in [0.3, 0.4) is 0 Å². The van der Waals surface area contributed by atoms with Gasteiger partial charge in [-0.3, -0.25) is 4.79 Å². The molecule has 1 aliphatic heterocycles. The van der Waals surface area contributed by atoms with Gasteiger partial charge in [0.15, 0.2) is 0 Å². The lowest BCUT2D eigenvalue weighted by atomic mass is 9.98. The summed E-state index contributed by atoms with van der Waals surface area (Å²) in [4.78, 5) is 12.1. The summed E-state index contributed by atoms with van der Waals surface area (Å²) in [7, 11) is -3.95. The van der Waals surface area contributed by atoms with Crippen molar-refractivity contribution in [2.24, 2.45) is 0 Å². The lowest BCUT2D eigenvalue weighted by molar-refractivity contribution is -0.196. The van der Waals surface area contributed by atoms with Crippen LogP contribution < -0.4 is 4.72 Å². The highest BCUT2D eigenvalue weighted by Gasteiger charge is 2.47. The van der Waals surface area contributed by atoms with E-state index < -0.39 is 34.2 Å². The topological polar surface area (TPSA) is 79.6 Å². The standard InChI is InChI=1S/C12H15F3N2O4S/c1-8(18)17-7-9(4-5-10(17)12(13,14)15)16-22(19,20)11-3-2-6-21-11/h2-3,6,9-10,16H,4-5,7H2,1H3. The molecule has 0 aromatic carbocycles. The fraction of sp³-hybridized carbons (Fsp3) is 0.583. The van der Waals surface area contributed by atoms with Crippen molar-refractivity contribution in [2.75, 3.05) is 6.54 Å². The summed E-state index contributed by atoms with van der Waals surface area (Å²) in [5, 5.41) is -0.320. The second kappa shape index (κ2) is 5.92. The van der Waals surface area contributed by atoms with Gasteiger partial charge in [-0.1, -0.05) is 0 Å². The lowest BCUT2D eigenvalue weighted by Gasteiger charge is -2.39. The second-order valence-electron chi connectivity index (χ2n) is 5.06. The number of amides is 1. The lowest BCUT2D eigenvalue weighted by Crippen LogP contribution is -2.57. The van der Waals surface area contributed by atoms with Crippen molar-refractivity contribution >= 4 is 15.9 Å². The van der Waals surface area contributed by atoms with E-state index in [9.17, 15) is 26.4 Å². The fourth-order valence-electron chi connectivity index (χ4n) is 2.45. The van der Waals surface area contributed by atoms with Gasteiger partial charge in [-0.05, 0) is 25.0 Å². The van der Waals surface area contributed by atoms with Crippen LogP contribution in [0.5, 0.6) is 0 Å². The third-order valence-corrected chi connectivity index (χ3v) is 4.85. The van der Waals surface area contributed by atoms with Gasteiger partial charge in [0.05, 0.1) is 6.26 Å². The third kappa shape index (κ3) is 3.61. The first-order valence-corrected chi connectivity index (χ1v) is 7.99. The van der Waals surface area contributed by atoms with E-state index >= 15 is 0 Å². The summed E-state index contributed by atoms with van der Waals surface area (Å²) in [6.07, 6.45) is -3.73. The summed E-state index contributed by atoms with van der Waals surface area (Å²) in [6, 6.07) is -0.0596. The monoisotopic (exact) mass is 340 g/mol. The molecular formula is C12H15F3N2O4S. The number of halogens is 3. The Kier molecular flexibility index (Phi) is 4.52. The van der Waals surface area contributed by atoms with E-state index in [0.29, 0.717) is 4.90 Å². The molecule has 22 heavy (non-hydrogen) atoms. The zero-order valence-corrected chi connectivity index (χ0v) is 12.4. The molecule has 2 heterocycles. The molecule has 2 rings (SSSR count). The van der Waals surface area contributed by atoms with E-state index in [1.807, 2.05) is 0 Å². The van der Waals surface area contributed by atoms with Gasteiger partial charge in [0.25, 0.3) is 10.0 Å². The Hall–Kier alpha value is -1.55. The van der Waals surface area contributed by atoms with E-state index in [-0.39, 0.29) is 24.5 Å². The number of furan rings is 1. The number of sulfonamides is 1. The number of nitrogens with zero attached hydrogens (tertiary/aromatic N) is 1. The SMILES string of the molecule is CC(=O)N1CC(NS(=O)(=O)c2ccco2)CCC1C(F)(F)F. The number of hydrogen-bond acceptors (Lipinski definition) is 4. The quantitative estimate of drug-likeness (QED) is 0.904. The van der Waals surface area contributed by atoms with Crippen molar-refractivity contribution in [3.8, 4) is 0 Å². The Morgan fingerprint density at radius 2 is 2.09 bits per heavy atom. The van der Waals surface area contributed by atoms with Gasteiger partial charge >= 0.3 is 6.18 Å². The maximum Gasteiger partial charge on any atom is 0.408 e. The van der Waals surface area contributed by atoms with Gasteiger partial charge in [-0.2, -0.15) is 13.2 Å². The molecule has 1 saturated heterocycles. The van der Waals surface area contributed by atoms with Crippen LogP contribution in [0.2, 0.25) is 0 Å². The molecule has 2 atom stereocenters. The maximum absolute atomic E-state index is 12.9. The van der Waals surface area contributed by atoms with Crippen LogP contribution in [-0.4, -0.2) is 44.0 Å². The van der Waals surface area contributed by atoms with Crippen molar-refractivity contribution in [3.05, 3.63) is 18.4 Å². The van der Waals surface area contributed by atoms with E-state index in [0.717, 1.165) is 6.92 Å². The number of nitrogens with one attached hydrogen (secondary N) is 1. The number of alkyl halides is 3. The summed E-state index contributed by atoms with van der Waals surface area (Å²) >= 11 is 0. The molecule has 1 N–H and O–H groups in total. The number of likely N-dealkylation sites (tertiary alicyclic amines) is 1. The first kappa shape index (κ1) is 16.8. The predicted molar refractivity (Wildman–Crippen MR) is 69.3 cm³/mol. The van der Waals surface area contributed by atoms with Crippen LogP contribution in [0.1, 0.15) is 19.8 Å². The van der Waals surface area contributed by atoms with Crippen molar-refractivity contribution in [1.82, 2.24) is 9.62 Å². The molecule has 124 valence electrons. The molecule has 1 aromatic rings. The Morgan fingerprint density at radius 1 is 1.41 bits per heavy atom. The molecule has 0 saturated carbocycles. The molecule has 6 nitrogen and oxygen atoms in total. The smallest absolute Gasteiger partial charge is 0.408 e. The third-order valence-electron chi connectivity index (χ3n) is 3.45. The Labute approximate surface area is 125 Å². The van der Waals surface area contributed by atoms with Crippen molar-refractivity contribution in [2.45, 2.75) is 43.1 Å². The van der Waals surface area contributed by atoms with Gasteiger partial charge in [0.2, 0.25) is 11.0 Å². The number of piperidine rings is 1. The fourth-order valence-corrected chi connectivity index (χ4v) is 3.64.